The molecule has 0 bridgehead atoms. The lowest BCUT2D eigenvalue weighted by Crippen LogP contribution is -2.29. The van der Waals surface area contributed by atoms with E-state index in [4.69, 9.17) is 4.74 Å². The van der Waals surface area contributed by atoms with Crippen LogP contribution in [0.5, 0.6) is 0 Å². The number of carbonyl (C=O) groups is 1. The minimum absolute atomic E-state index is 0.0127. The zero-order chi connectivity index (χ0) is 21.8. The minimum Gasteiger partial charge on any atom is -0.376 e. The van der Waals surface area contributed by atoms with Gasteiger partial charge in [0.2, 0.25) is 5.91 Å². The lowest BCUT2D eigenvalue weighted by atomic mass is 10.0. The maximum absolute atomic E-state index is 13.1. The van der Waals surface area contributed by atoms with E-state index in [9.17, 15) is 9.59 Å². The Morgan fingerprint density at radius 3 is 2.81 bits per heavy atom. The topological polar surface area (TPSA) is 86.1 Å². The molecule has 162 valence electrons. The Labute approximate surface area is 185 Å². The first-order valence-corrected chi connectivity index (χ1v) is 11.5. The van der Waals surface area contributed by atoms with E-state index < -0.39 is 0 Å². The molecular weight excluding hydrogens is 412 g/mol. The number of nitrogens with zero attached hydrogens (tertiary/aromatic N) is 3. The number of carbonyl (C=O) groups excluding carboxylic acids is 1. The SMILES string of the molecule is CC(C)c1ccc(NC(=O)CSc2nc3ncccc3c(=O)n2CC2CCCO2)cc1. The van der Waals surface area contributed by atoms with Gasteiger partial charge in [0, 0.05) is 18.5 Å². The highest BCUT2D eigenvalue weighted by Gasteiger charge is 2.21. The molecule has 7 nitrogen and oxygen atoms in total. The van der Waals surface area contributed by atoms with E-state index in [0.717, 1.165) is 18.5 Å². The van der Waals surface area contributed by atoms with Crippen molar-refractivity contribution in [3.05, 3.63) is 58.5 Å². The van der Waals surface area contributed by atoms with Crippen LogP contribution in [0.4, 0.5) is 5.69 Å². The molecule has 1 atom stereocenters. The fourth-order valence-electron chi connectivity index (χ4n) is 3.58. The van der Waals surface area contributed by atoms with Crippen LogP contribution >= 0.6 is 11.8 Å². The van der Waals surface area contributed by atoms with Crippen molar-refractivity contribution < 1.29 is 9.53 Å². The van der Waals surface area contributed by atoms with Gasteiger partial charge in [0.05, 0.1) is 23.8 Å². The molecule has 0 aliphatic carbocycles. The molecule has 2 aromatic heterocycles. The molecule has 1 aliphatic rings. The van der Waals surface area contributed by atoms with Crippen LogP contribution in [0.15, 0.2) is 52.5 Å². The first kappa shape index (κ1) is 21.5. The number of fused-ring (bicyclic) bond motifs is 1. The monoisotopic (exact) mass is 438 g/mol. The second-order valence-corrected chi connectivity index (χ2v) is 8.88. The number of benzene rings is 1. The van der Waals surface area contributed by atoms with Gasteiger partial charge in [0.1, 0.15) is 0 Å². The molecule has 0 radical (unpaired) electrons. The predicted octanol–water partition coefficient (Wildman–Crippen LogP) is 3.82. The molecule has 1 aromatic carbocycles. The highest BCUT2D eigenvalue weighted by atomic mass is 32.2. The molecule has 1 saturated heterocycles. The summed E-state index contributed by atoms with van der Waals surface area (Å²) in [6, 6.07) is 11.3. The summed E-state index contributed by atoms with van der Waals surface area (Å²) in [6.07, 6.45) is 3.50. The van der Waals surface area contributed by atoms with Crippen LogP contribution in [0.1, 0.15) is 38.2 Å². The smallest absolute Gasteiger partial charge is 0.263 e. The summed E-state index contributed by atoms with van der Waals surface area (Å²) >= 11 is 1.24. The molecule has 1 fully saturated rings. The van der Waals surface area contributed by atoms with E-state index in [1.54, 1.807) is 22.9 Å². The van der Waals surface area contributed by atoms with Crippen LogP contribution in [0.3, 0.4) is 0 Å². The Hall–Kier alpha value is -2.71. The van der Waals surface area contributed by atoms with Crippen LogP contribution in [0.25, 0.3) is 11.0 Å². The largest absolute Gasteiger partial charge is 0.376 e. The number of hydrogen-bond donors (Lipinski definition) is 1. The number of hydrogen-bond acceptors (Lipinski definition) is 6. The summed E-state index contributed by atoms with van der Waals surface area (Å²) in [4.78, 5) is 34.4. The molecule has 4 rings (SSSR count). The van der Waals surface area contributed by atoms with Crippen LogP contribution in [-0.4, -0.2) is 38.9 Å². The first-order valence-electron chi connectivity index (χ1n) is 10.5. The van der Waals surface area contributed by atoms with E-state index in [-0.39, 0.29) is 23.3 Å². The third kappa shape index (κ3) is 5.14. The van der Waals surface area contributed by atoms with Crippen LogP contribution in [0.2, 0.25) is 0 Å². The van der Waals surface area contributed by atoms with Crippen molar-refractivity contribution in [2.45, 2.75) is 50.4 Å². The van der Waals surface area contributed by atoms with Gasteiger partial charge in [-0.1, -0.05) is 37.7 Å². The molecule has 3 aromatic rings. The standard InChI is InChI=1S/C23H26N4O3S/c1-15(2)16-7-9-17(10-8-16)25-20(28)14-31-23-26-21-19(6-3-11-24-21)22(29)27(23)13-18-5-4-12-30-18/h3,6-11,15,18H,4-5,12-14H2,1-2H3,(H,25,28). The number of pyridine rings is 1. The van der Waals surface area contributed by atoms with Crippen LogP contribution < -0.4 is 10.9 Å². The Morgan fingerprint density at radius 1 is 1.29 bits per heavy atom. The van der Waals surface area contributed by atoms with Gasteiger partial charge in [0.25, 0.3) is 5.56 Å². The average Bonchev–Trinajstić information content (AvgIpc) is 3.28. The third-order valence-electron chi connectivity index (χ3n) is 5.30. The highest BCUT2D eigenvalue weighted by Crippen LogP contribution is 2.21. The maximum atomic E-state index is 13.1. The molecule has 1 unspecified atom stereocenters. The van der Waals surface area contributed by atoms with E-state index in [1.165, 1.54) is 17.3 Å². The minimum atomic E-state index is -0.152. The Balaban J connectivity index is 1.51. The highest BCUT2D eigenvalue weighted by molar-refractivity contribution is 7.99. The maximum Gasteiger partial charge on any atom is 0.263 e. The Bertz CT molecular complexity index is 1120. The van der Waals surface area contributed by atoms with E-state index >= 15 is 0 Å². The van der Waals surface area contributed by atoms with Crippen molar-refractivity contribution in [3.8, 4) is 0 Å². The second-order valence-electron chi connectivity index (χ2n) is 7.93. The Kier molecular flexibility index (Phi) is 6.67. The molecule has 8 heteroatoms. The summed E-state index contributed by atoms with van der Waals surface area (Å²) < 4.78 is 7.34. The number of amides is 1. The number of nitrogens with one attached hydrogen (secondary N) is 1. The molecule has 31 heavy (non-hydrogen) atoms. The quantitative estimate of drug-likeness (QED) is 0.446. The molecule has 0 saturated carbocycles. The predicted molar refractivity (Wildman–Crippen MR) is 123 cm³/mol. The number of aromatic nitrogens is 3. The van der Waals surface area contributed by atoms with E-state index in [1.807, 2.05) is 24.3 Å². The van der Waals surface area contributed by atoms with Crippen molar-refractivity contribution in [1.29, 1.82) is 0 Å². The molecule has 3 heterocycles. The van der Waals surface area contributed by atoms with Gasteiger partial charge < -0.3 is 10.1 Å². The number of anilines is 1. The summed E-state index contributed by atoms with van der Waals surface area (Å²) in [5, 5.41) is 3.86. The van der Waals surface area contributed by atoms with E-state index in [0.29, 0.717) is 35.3 Å². The average molecular weight is 439 g/mol. The van der Waals surface area contributed by atoms with Crippen molar-refractivity contribution in [2.75, 3.05) is 17.7 Å². The van der Waals surface area contributed by atoms with E-state index in [2.05, 4.69) is 29.1 Å². The fourth-order valence-corrected chi connectivity index (χ4v) is 4.37. The fraction of sp³-hybridized carbons (Fsp3) is 0.391. The van der Waals surface area contributed by atoms with Crippen molar-refractivity contribution >= 4 is 34.4 Å². The zero-order valence-corrected chi connectivity index (χ0v) is 18.5. The number of rotatable bonds is 7. The normalized spacial score (nSPS) is 16.2. The summed E-state index contributed by atoms with van der Waals surface area (Å²) in [5.41, 5.74) is 2.21. The zero-order valence-electron chi connectivity index (χ0n) is 17.7. The van der Waals surface area contributed by atoms with Crippen LogP contribution in [-0.2, 0) is 16.1 Å². The van der Waals surface area contributed by atoms with Gasteiger partial charge >= 0.3 is 0 Å². The Morgan fingerprint density at radius 2 is 2.10 bits per heavy atom. The number of ether oxygens (including phenoxy) is 1. The molecule has 0 spiro atoms. The molecule has 1 aliphatic heterocycles. The van der Waals surface area contributed by atoms with Crippen LogP contribution in [0, 0.1) is 0 Å². The summed E-state index contributed by atoms with van der Waals surface area (Å²) in [7, 11) is 0. The lowest BCUT2D eigenvalue weighted by molar-refractivity contribution is -0.113. The third-order valence-corrected chi connectivity index (χ3v) is 6.27. The summed E-state index contributed by atoms with van der Waals surface area (Å²) in [6.45, 7) is 5.40. The number of thioether (sulfide) groups is 1. The molecule has 1 amide bonds. The first-order chi connectivity index (χ1) is 15.0. The van der Waals surface area contributed by atoms with Crippen molar-refractivity contribution in [3.63, 3.8) is 0 Å². The summed E-state index contributed by atoms with van der Waals surface area (Å²) in [5.74, 6) is 0.428. The lowest BCUT2D eigenvalue weighted by Gasteiger charge is -2.16. The van der Waals surface area contributed by atoms with Crippen molar-refractivity contribution in [2.24, 2.45) is 0 Å². The van der Waals surface area contributed by atoms with Gasteiger partial charge in [-0.2, -0.15) is 0 Å². The second kappa shape index (κ2) is 9.62. The van der Waals surface area contributed by atoms with Gasteiger partial charge in [-0.15, -0.1) is 0 Å². The molecular formula is C23H26N4O3S. The van der Waals surface area contributed by atoms with Crippen molar-refractivity contribution in [1.82, 2.24) is 14.5 Å². The van der Waals surface area contributed by atoms with Gasteiger partial charge in [0.15, 0.2) is 10.8 Å². The van der Waals surface area contributed by atoms with Gasteiger partial charge in [-0.25, -0.2) is 9.97 Å². The van der Waals surface area contributed by atoms with Gasteiger partial charge in [-0.3, -0.25) is 14.2 Å². The molecule has 1 N–H and O–H groups in total. The van der Waals surface area contributed by atoms with Gasteiger partial charge in [-0.05, 0) is 48.6 Å².